The molecule has 0 aliphatic rings. The average Bonchev–Trinajstić information content (AvgIpc) is 3.39. The number of fused-ring (bicyclic) bond motifs is 1. The first-order valence-corrected chi connectivity index (χ1v) is 9.95. The molecule has 0 bridgehead atoms. The number of nitrogens with one attached hydrogen (secondary N) is 1. The molecule has 11 nitrogen and oxygen atoms in total. The van der Waals surface area contributed by atoms with E-state index in [0.29, 0.717) is 41.3 Å². The van der Waals surface area contributed by atoms with Gasteiger partial charge < -0.3 is 19.4 Å². The molecule has 2 aromatic carbocycles. The Morgan fingerprint density at radius 1 is 1.28 bits per heavy atom. The number of methoxy groups -OCH3 is 1. The number of aromatic nitrogens is 5. The number of amides is 1. The highest BCUT2D eigenvalue weighted by atomic mass is 35.5. The Balaban J connectivity index is 1.64. The molecule has 0 radical (unpaired) electrons. The Morgan fingerprint density at radius 3 is 2.78 bits per heavy atom. The maximum absolute atomic E-state index is 13.0. The van der Waals surface area contributed by atoms with Crippen molar-refractivity contribution in [1.29, 1.82) is 0 Å². The second-order valence-electron chi connectivity index (χ2n) is 7.22. The zero-order valence-corrected chi connectivity index (χ0v) is 18.3. The quantitative estimate of drug-likeness (QED) is 0.447. The normalized spacial score (nSPS) is 11.3. The molecule has 4 aromatic rings. The van der Waals surface area contributed by atoms with Crippen molar-refractivity contribution < 1.29 is 13.9 Å². The molecule has 1 amide bonds. The van der Waals surface area contributed by atoms with Crippen molar-refractivity contribution in [2.75, 3.05) is 33.1 Å². The minimum absolute atomic E-state index is 0.228. The summed E-state index contributed by atoms with van der Waals surface area (Å²) in [6.07, 6.45) is 1.39. The van der Waals surface area contributed by atoms with Crippen molar-refractivity contribution in [3.8, 4) is 11.4 Å². The van der Waals surface area contributed by atoms with Gasteiger partial charge in [-0.15, -0.1) is 5.10 Å². The second kappa shape index (κ2) is 8.81. The number of hydrogen-bond acceptors (Lipinski definition) is 8. The van der Waals surface area contributed by atoms with Crippen LogP contribution in [0.5, 0.6) is 5.75 Å². The summed E-state index contributed by atoms with van der Waals surface area (Å²) in [6, 6.07) is 8.05. The number of nitrogens with zero attached hydrogens (tertiary/aromatic N) is 6. The Morgan fingerprint density at radius 2 is 2.09 bits per heavy atom. The van der Waals surface area contributed by atoms with Crippen LogP contribution in [0.1, 0.15) is 10.4 Å². The van der Waals surface area contributed by atoms with Crippen LogP contribution in [0.3, 0.4) is 0 Å². The highest BCUT2D eigenvalue weighted by Crippen LogP contribution is 2.30. The van der Waals surface area contributed by atoms with Crippen molar-refractivity contribution in [2.24, 2.45) is 0 Å². The van der Waals surface area contributed by atoms with Crippen molar-refractivity contribution in [1.82, 2.24) is 29.7 Å². The summed E-state index contributed by atoms with van der Waals surface area (Å²) in [6.45, 7) is 1.12. The summed E-state index contributed by atoms with van der Waals surface area (Å²) in [5.74, 6) is -0.585. The second-order valence-corrected chi connectivity index (χ2v) is 7.63. The first-order chi connectivity index (χ1) is 15.4. The van der Waals surface area contributed by atoms with Crippen LogP contribution >= 0.6 is 11.6 Å². The Hall–Kier alpha value is -3.70. The number of oxazole rings is 1. The molecule has 0 spiro atoms. The molecule has 2 heterocycles. The lowest BCUT2D eigenvalue weighted by atomic mass is 10.1. The lowest BCUT2D eigenvalue weighted by molar-refractivity contribution is 0.102. The first-order valence-electron chi connectivity index (χ1n) is 9.57. The molecule has 0 unspecified atom stereocenters. The maximum Gasteiger partial charge on any atom is 0.419 e. The van der Waals surface area contributed by atoms with E-state index in [1.807, 2.05) is 19.0 Å². The van der Waals surface area contributed by atoms with Gasteiger partial charge in [-0.05, 0) is 48.8 Å². The Labute approximate surface area is 187 Å². The van der Waals surface area contributed by atoms with Crippen molar-refractivity contribution in [3.05, 3.63) is 57.8 Å². The number of ether oxygens (including phenoxy) is 1. The molecule has 0 atom stereocenters. The highest BCUT2D eigenvalue weighted by Gasteiger charge is 2.18. The molecule has 0 saturated carbocycles. The molecular weight excluding hydrogens is 438 g/mol. The Kier molecular flexibility index (Phi) is 5.93. The summed E-state index contributed by atoms with van der Waals surface area (Å²) in [4.78, 5) is 27.2. The van der Waals surface area contributed by atoms with Crippen LogP contribution in [0.15, 0.2) is 45.9 Å². The molecule has 0 aliphatic heterocycles. The van der Waals surface area contributed by atoms with Gasteiger partial charge in [0.2, 0.25) is 0 Å². The number of carbonyl (C=O) groups is 1. The van der Waals surface area contributed by atoms with Gasteiger partial charge in [0.15, 0.2) is 5.58 Å². The van der Waals surface area contributed by atoms with E-state index in [2.05, 4.69) is 20.8 Å². The number of tetrazole rings is 1. The molecule has 166 valence electrons. The highest BCUT2D eigenvalue weighted by molar-refractivity contribution is 6.33. The van der Waals surface area contributed by atoms with Crippen LogP contribution in [0, 0.1) is 0 Å². The van der Waals surface area contributed by atoms with E-state index in [1.165, 1.54) is 28.8 Å². The molecular formula is C20H20ClN7O4. The molecule has 0 saturated heterocycles. The fraction of sp³-hybridized carbons (Fsp3) is 0.250. The van der Waals surface area contributed by atoms with Crippen molar-refractivity contribution in [2.45, 2.75) is 6.54 Å². The molecule has 2 aromatic heterocycles. The number of likely N-dealkylation sites (N-methyl/N-ethyl adjacent to an activating group) is 1. The molecule has 32 heavy (non-hydrogen) atoms. The zero-order valence-electron chi connectivity index (χ0n) is 17.6. The van der Waals surface area contributed by atoms with E-state index in [1.54, 1.807) is 24.3 Å². The van der Waals surface area contributed by atoms with Gasteiger partial charge in [0.25, 0.3) is 5.91 Å². The van der Waals surface area contributed by atoms with Crippen LogP contribution in [-0.4, -0.2) is 63.3 Å². The van der Waals surface area contributed by atoms with E-state index in [-0.39, 0.29) is 10.6 Å². The van der Waals surface area contributed by atoms with Gasteiger partial charge >= 0.3 is 5.76 Å². The zero-order chi connectivity index (χ0) is 22.8. The maximum atomic E-state index is 13.0. The number of halogens is 1. The number of rotatable bonds is 7. The van der Waals surface area contributed by atoms with Crippen LogP contribution in [0.25, 0.3) is 16.8 Å². The van der Waals surface area contributed by atoms with Gasteiger partial charge in [-0.3, -0.25) is 9.36 Å². The topological polar surface area (TPSA) is 120 Å². The smallest absolute Gasteiger partial charge is 0.419 e. The number of benzene rings is 2. The molecule has 4 rings (SSSR count). The summed E-state index contributed by atoms with van der Waals surface area (Å²) in [5, 5.41) is 14.1. The predicted octanol–water partition coefficient (Wildman–Crippen LogP) is 2.05. The molecule has 0 fully saturated rings. The molecule has 12 heteroatoms. The van der Waals surface area contributed by atoms with E-state index < -0.39 is 11.7 Å². The van der Waals surface area contributed by atoms with Crippen LogP contribution < -0.4 is 15.8 Å². The third-order valence-corrected chi connectivity index (χ3v) is 5.11. The molecule has 1 N–H and O–H groups in total. The minimum Gasteiger partial charge on any atom is -0.496 e. The third-order valence-electron chi connectivity index (χ3n) is 4.81. The van der Waals surface area contributed by atoms with E-state index in [0.717, 1.165) is 0 Å². The Bertz CT molecular complexity index is 1330. The van der Waals surface area contributed by atoms with Gasteiger partial charge in [-0.2, -0.15) is 4.68 Å². The standard InChI is InChI=1S/C20H20ClN7O4/c1-26(2)6-7-27-16-8-12(4-5-17(16)32-20(27)30)23-19(29)13-9-14(21)15(10-18(13)31-3)28-11-22-24-25-28/h4-5,8-11H,6-7H2,1-3H3,(H,23,29). The largest absolute Gasteiger partial charge is 0.496 e. The SMILES string of the molecule is COc1cc(-n2cnnn2)c(Cl)cc1C(=O)Nc1ccc2oc(=O)n(CCN(C)C)c2c1. The van der Waals surface area contributed by atoms with Crippen LogP contribution in [0.2, 0.25) is 5.02 Å². The van der Waals surface area contributed by atoms with Gasteiger partial charge in [0.1, 0.15) is 12.1 Å². The monoisotopic (exact) mass is 457 g/mol. The summed E-state index contributed by atoms with van der Waals surface area (Å²) in [5.41, 5.74) is 2.22. The molecule has 0 aliphatic carbocycles. The lowest BCUT2D eigenvalue weighted by Crippen LogP contribution is -2.23. The van der Waals surface area contributed by atoms with Crippen LogP contribution in [0.4, 0.5) is 5.69 Å². The summed E-state index contributed by atoms with van der Waals surface area (Å²) < 4.78 is 13.6. The van der Waals surface area contributed by atoms with Gasteiger partial charge in [-0.25, -0.2) is 4.79 Å². The van der Waals surface area contributed by atoms with Gasteiger partial charge in [0, 0.05) is 24.8 Å². The van der Waals surface area contributed by atoms with Crippen LogP contribution in [-0.2, 0) is 6.54 Å². The predicted molar refractivity (Wildman–Crippen MR) is 118 cm³/mol. The lowest BCUT2D eigenvalue weighted by Gasteiger charge is -2.13. The van der Waals surface area contributed by atoms with Gasteiger partial charge in [-0.1, -0.05) is 11.6 Å². The summed E-state index contributed by atoms with van der Waals surface area (Å²) >= 11 is 6.35. The van der Waals surface area contributed by atoms with Crippen molar-refractivity contribution in [3.63, 3.8) is 0 Å². The van der Waals surface area contributed by atoms with E-state index in [4.69, 9.17) is 20.8 Å². The fourth-order valence-electron chi connectivity index (χ4n) is 3.19. The number of anilines is 1. The van der Waals surface area contributed by atoms with Gasteiger partial charge in [0.05, 0.1) is 28.9 Å². The number of carbonyl (C=O) groups excluding carboxylic acids is 1. The first kappa shape index (κ1) is 21.5. The summed E-state index contributed by atoms with van der Waals surface area (Å²) in [7, 11) is 5.29. The number of hydrogen-bond donors (Lipinski definition) is 1. The average molecular weight is 458 g/mol. The van der Waals surface area contributed by atoms with E-state index >= 15 is 0 Å². The third kappa shape index (κ3) is 4.20. The minimum atomic E-state index is -0.447. The van der Waals surface area contributed by atoms with E-state index in [9.17, 15) is 9.59 Å². The fourth-order valence-corrected chi connectivity index (χ4v) is 3.44. The van der Waals surface area contributed by atoms with Crippen molar-refractivity contribution >= 4 is 34.3 Å².